The van der Waals surface area contributed by atoms with Gasteiger partial charge in [0.2, 0.25) is 0 Å². The largest absolute Gasteiger partial charge is 0.461 e. The molecule has 0 saturated carbocycles. The molecule has 4 heterocycles. The number of hydrogen-bond acceptors (Lipinski definition) is 6. The van der Waals surface area contributed by atoms with Gasteiger partial charge in [-0.05, 0) is 19.1 Å². The summed E-state index contributed by atoms with van der Waals surface area (Å²) in [6, 6.07) is 3.64. The summed E-state index contributed by atoms with van der Waals surface area (Å²) in [5.74, 6) is 2.02. The second-order valence-corrected chi connectivity index (χ2v) is 5.34. The molecule has 0 aliphatic carbocycles. The maximum Gasteiger partial charge on any atom is 0.195 e. The van der Waals surface area contributed by atoms with Crippen molar-refractivity contribution in [1.82, 2.24) is 34.5 Å². The molecule has 0 bridgehead atoms. The fraction of sp³-hybridized carbons (Fsp3) is 0.188. The van der Waals surface area contributed by atoms with Crippen LogP contribution in [-0.2, 0) is 13.1 Å². The van der Waals surface area contributed by atoms with Crippen LogP contribution in [0, 0.1) is 6.92 Å². The number of aryl methyl sites for hydroxylation is 3. The van der Waals surface area contributed by atoms with Crippen LogP contribution in [0.25, 0.3) is 23.0 Å². The molecule has 0 atom stereocenters. The van der Waals surface area contributed by atoms with E-state index in [4.69, 9.17) is 4.42 Å². The quantitative estimate of drug-likeness (QED) is 0.560. The maximum absolute atomic E-state index is 5.30. The van der Waals surface area contributed by atoms with Gasteiger partial charge >= 0.3 is 0 Å². The van der Waals surface area contributed by atoms with Gasteiger partial charge in [0.05, 0.1) is 24.1 Å². The van der Waals surface area contributed by atoms with E-state index < -0.39 is 0 Å². The topological polar surface area (TPSA) is 87.5 Å². The molecule has 0 aromatic carbocycles. The standard InChI is InChI=1S/C16H15N7O/c1-12-11-23(21-20-12)7-6-22-5-4-17-16(22)13-9-18-15(19-10-13)14-3-2-8-24-14/h2-5,8-11H,6-7H2,1H3. The van der Waals surface area contributed by atoms with E-state index in [9.17, 15) is 0 Å². The van der Waals surface area contributed by atoms with Gasteiger partial charge in [-0.25, -0.2) is 15.0 Å². The zero-order chi connectivity index (χ0) is 16.4. The zero-order valence-corrected chi connectivity index (χ0v) is 13.1. The van der Waals surface area contributed by atoms with Crippen molar-refractivity contribution >= 4 is 0 Å². The van der Waals surface area contributed by atoms with Gasteiger partial charge < -0.3 is 8.98 Å². The highest BCUT2D eigenvalue weighted by atomic mass is 16.3. The summed E-state index contributed by atoms with van der Waals surface area (Å²) >= 11 is 0. The molecule has 0 N–H and O–H groups in total. The lowest BCUT2D eigenvalue weighted by Crippen LogP contribution is -2.08. The van der Waals surface area contributed by atoms with Gasteiger partial charge in [0.25, 0.3) is 0 Å². The van der Waals surface area contributed by atoms with Gasteiger partial charge in [-0.15, -0.1) is 5.10 Å². The Morgan fingerprint density at radius 3 is 2.71 bits per heavy atom. The van der Waals surface area contributed by atoms with E-state index >= 15 is 0 Å². The van der Waals surface area contributed by atoms with E-state index in [1.807, 2.05) is 40.7 Å². The van der Waals surface area contributed by atoms with Gasteiger partial charge in [0.15, 0.2) is 11.6 Å². The van der Waals surface area contributed by atoms with Crippen LogP contribution in [0.4, 0.5) is 0 Å². The molecule has 0 unspecified atom stereocenters. The van der Waals surface area contributed by atoms with Crippen molar-refractivity contribution in [2.24, 2.45) is 0 Å². The van der Waals surface area contributed by atoms with Crippen molar-refractivity contribution in [2.75, 3.05) is 0 Å². The third-order valence-electron chi connectivity index (χ3n) is 3.59. The fourth-order valence-corrected chi connectivity index (χ4v) is 2.44. The third kappa shape index (κ3) is 2.81. The Kier molecular flexibility index (Phi) is 3.62. The predicted octanol–water partition coefficient (Wildman–Crippen LogP) is 2.20. The monoisotopic (exact) mass is 321 g/mol. The highest BCUT2D eigenvalue weighted by molar-refractivity contribution is 5.55. The lowest BCUT2D eigenvalue weighted by molar-refractivity contribution is 0.521. The zero-order valence-electron chi connectivity index (χ0n) is 13.1. The van der Waals surface area contributed by atoms with E-state index in [1.54, 1.807) is 24.9 Å². The average molecular weight is 321 g/mol. The molecule has 4 rings (SSSR count). The normalized spacial score (nSPS) is 11.0. The van der Waals surface area contributed by atoms with E-state index in [0.717, 1.165) is 30.2 Å². The van der Waals surface area contributed by atoms with Gasteiger partial charge in [-0.1, -0.05) is 5.21 Å². The molecule has 24 heavy (non-hydrogen) atoms. The van der Waals surface area contributed by atoms with Crippen LogP contribution in [-0.4, -0.2) is 34.5 Å². The molecule has 4 aromatic heterocycles. The molecule has 0 aliphatic heterocycles. The van der Waals surface area contributed by atoms with E-state index in [1.165, 1.54) is 0 Å². The van der Waals surface area contributed by atoms with Crippen molar-refractivity contribution in [1.29, 1.82) is 0 Å². The molecule has 8 nitrogen and oxygen atoms in total. The Hall–Kier alpha value is -3.29. The highest BCUT2D eigenvalue weighted by Crippen LogP contribution is 2.19. The van der Waals surface area contributed by atoms with Gasteiger partial charge in [0, 0.05) is 37.5 Å². The second kappa shape index (κ2) is 6.07. The summed E-state index contributed by atoms with van der Waals surface area (Å²) in [4.78, 5) is 13.1. The third-order valence-corrected chi connectivity index (χ3v) is 3.59. The van der Waals surface area contributed by atoms with Crippen molar-refractivity contribution in [3.63, 3.8) is 0 Å². The Morgan fingerprint density at radius 1 is 1.12 bits per heavy atom. The molecular weight excluding hydrogens is 306 g/mol. The Morgan fingerprint density at radius 2 is 2.00 bits per heavy atom. The number of nitrogens with zero attached hydrogens (tertiary/aromatic N) is 7. The van der Waals surface area contributed by atoms with E-state index in [0.29, 0.717) is 11.6 Å². The van der Waals surface area contributed by atoms with Crippen LogP contribution in [0.3, 0.4) is 0 Å². The van der Waals surface area contributed by atoms with Crippen molar-refractivity contribution < 1.29 is 4.42 Å². The fourth-order valence-electron chi connectivity index (χ4n) is 2.44. The average Bonchev–Trinajstić information content (AvgIpc) is 3.35. The van der Waals surface area contributed by atoms with Gasteiger partial charge in [0.1, 0.15) is 5.82 Å². The molecule has 0 spiro atoms. The summed E-state index contributed by atoms with van der Waals surface area (Å²) in [5.41, 5.74) is 1.76. The maximum atomic E-state index is 5.30. The molecule has 8 heteroatoms. The minimum absolute atomic E-state index is 0.556. The number of aromatic nitrogens is 7. The van der Waals surface area contributed by atoms with Crippen LogP contribution in [0.5, 0.6) is 0 Å². The van der Waals surface area contributed by atoms with Gasteiger partial charge in [-0.3, -0.25) is 4.68 Å². The summed E-state index contributed by atoms with van der Waals surface area (Å²) in [6.07, 6.45) is 10.7. The molecule has 0 amide bonds. The minimum Gasteiger partial charge on any atom is -0.461 e. The SMILES string of the molecule is Cc1cn(CCn2ccnc2-c2cnc(-c3ccco3)nc2)nn1. The Balaban J connectivity index is 1.53. The number of furan rings is 1. The highest BCUT2D eigenvalue weighted by Gasteiger charge is 2.09. The first-order valence-electron chi connectivity index (χ1n) is 7.54. The molecule has 120 valence electrons. The molecular formula is C16H15N7O. The number of hydrogen-bond donors (Lipinski definition) is 0. The molecule has 0 aliphatic rings. The first-order chi connectivity index (χ1) is 11.8. The second-order valence-electron chi connectivity index (χ2n) is 5.34. The summed E-state index contributed by atoms with van der Waals surface area (Å²) in [6.45, 7) is 3.37. The molecule has 0 fully saturated rings. The first kappa shape index (κ1) is 14.3. The molecule has 0 radical (unpaired) electrons. The summed E-state index contributed by atoms with van der Waals surface area (Å²) in [5, 5.41) is 8.05. The lowest BCUT2D eigenvalue weighted by Gasteiger charge is -2.07. The Bertz CT molecular complexity index is 922. The first-order valence-corrected chi connectivity index (χ1v) is 7.54. The summed E-state index contributed by atoms with van der Waals surface area (Å²) < 4.78 is 9.16. The summed E-state index contributed by atoms with van der Waals surface area (Å²) in [7, 11) is 0. The van der Waals surface area contributed by atoms with Crippen molar-refractivity contribution in [3.8, 4) is 23.0 Å². The van der Waals surface area contributed by atoms with E-state index in [-0.39, 0.29) is 0 Å². The van der Waals surface area contributed by atoms with Crippen LogP contribution < -0.4 is 0 Å². The van der Waals surface area contributed by atoms with Crippen LogP contribution in [0.1, 0.15) is 5.69 Å². The minimum atomic E-state index is 0.556. The van der Waals surface area contributed by atoms with Crippen LogP contribution >= 0.6 is 0 Å². The van der Waals surface area contributed by atoms with E-state index in [2.05, 4.69) is 25.3 Å². The van der Waals surface area contributed by atoms with Gasteiger partial charge in [-0.2, -0.15) is 0 Å². The Labute approximate surface area is 137 Å². The molecule has 0 saturated heterocycles. The van der Waals surface area contributed by atoms with Crippen molar-refractivity contribution in [2.45, 2.75) is 20.0 Å². The van der Waals surface area contributed by atoms with Crippen LogP contribution in [0.15, 0.2) is 53.8 Å². The lowest BCUT2D eigenvalue weighted by atomic mass is 10.3. The molecule has 4 aromatic rings. The van der Waals surface area contributed by atoms with Crippen molar-refractivity contribution in [3.05, 3.63) is 55.1 Å². The predicted molar refractivity (Wildman–Crippen MR) is 85.7 cm³/mol. The number of imidazole rings is 1. The number of rotatable bonds is 5. The van der Waals surface area contributed by atoms with Crippen LogP contribution in [0.2, 0.25) is 0 Å². The smallest absolute Gasteiger partial charge is 0.195 e.